The van der Waals surface area contributed by atoms with Crippen molar-refractivity contribution < 1.29 is 18.0 Å². The SMILES string of the molecule is CCC(C(=O)NC1CCCCC1)N(Cc1ccc(Cl)cc1)C(=O)CN(c1ccc(C)cc1)S(=O)(=O)c1ccc(C)cc1. The molecule has 0 radical (unpaired) electrons. The molecule has 7 nitrogen and oxygen atoms in total. The first-order valence-corrected chi connectivity index (χ1v) is 16.4. The van der Waals surface area contributed by atoms with E-state index in [-0.39, 0.29) is 23.4 Å². The van der Waals surface area contributed by atoms with Gasteiger partial charge in [-0.15, -0.1) is 0 Å². The van der Waals surface area contributed by atoms with Gasteiger partial charge in [0, 0.05) is 17.6 Å². The van der Waals surface area contributed by atoms with Crippen molar-refractivity contribution in [2.24, 2.45) is 0 Å². The highest BCUT2D eigenvalue weighted by atomic mass is 35.5. The Morgan fingerprint density at radius 1 is 0.881 bits per heavy atom. The minimum atomic E-state index is -4.10. The van der Waals surface area contributed by atoms with Gasteiger partial charge in [0.1, 0.15) is 12.6 Å². The number of rotatable bonds is 11. The first-order chi connectivity index (χ1) is 20.1. The number of nitrogens with zero attached hydrogens (tertiary/aromatic N) is 2. The lowest BCUT2D eigenvalue weighted by atomic mass is 9.95. The summed E-state index contributed by atoms with van der Waals surface area (Å²) in [4.78, 5) is 29.4. The summed E-state index contributed by atoms with van der Waals surface area (Å²) in [5.74, 6) is -0.679. The molecule has 1 atom stereocenters. The number of halogens is 1. The third-order valence-electron chi connectivity index (χ3n) is 7.81. The Morgan fingerprint density at radius 2 is 1.45 bits per heavy atom. The number of benzene rings is 3. The lowest BCUT2D eigenvalue weighted by molar-refractivity contribution is -0.140. The van der Waals surface area contributed by atoms with Gasteiger partial charge in [0.05, 0.1) is 10.6 Å². The minimum Gasteiger partial charge on any atom is -0.352 e. The van der Waals surface area contributed by atoms with Crippen molar-refractivity contribution in [1.29, 1.82) is 0 Å². The minimum absolute atomic E-state index is 0.0822. The van der Waals surface area contributed by atoms with Crippen LogP contribution in [0, 0.1) is 13.8 Å². The Kier molecular flexibility index (Phi) is 10.7. The molecule has 0 saturated heterocycles. The van der Waals surface area contributed by atoms with E-state index in [0.29, 0.717) is 17.1 Å². The molecule has 0 heterocycles. The van der Waals surface area contributed by atoms with E-state index in [0.717, 1.165) is 53.1 Å². The van der Waals surface area contributed by atoms with Crippen molar-refractivity contribution in [3.8, 4) is 0 Å². The highest BCUT2D eigenvalue weighted by molar-refractivity contribution is 7.92. The maximum atomic E-state index is 14.2. The Bertz CT molecular complexity index is 1450. The van der Waals surface area contributed by atoms with Crippen LogP contribution in [0.4, 0.5) is 5.69 Å². The van der Waals surface area contributed by atoms with Gasteiger partial charge in [-0.2, -0.15) is 0 Å². The van der Waals surface area contributed by atoms with E-state index in [4.69, 9.17) is 11.6 Å². The second-order valence-electron chi connectivity index (χ2n) is 11.1. The summed E-state index contributed by atoms with van der Waals surface area (Å²) in [7, 11) is -4.10. The molecule has 0 spiro atoms. The van der Waals surface area contributed by atoms with Gasteiger partial charge >= 0.3 is 0 Å². The molecule has 1 aliphatic rings. The number of amides is 2. The Hall–Kier alpha value is -3.36. The van der Waals surface area contributed by atoms with Crippen LogP contribution < -0.4 is 9.62 Å². The average molecular weight is 610 g/mol. The molecule has 42 heavy (non-hydrogen) atoms. The predicted octanol–water partition coefficient (Wildman–Crippen LogP) is 6.41. The lowest BCUT2D eigenvalue weighted by Gasteiger charge is -2.34. The van der Waals surface area contributed by atoms with Gasteiger partial charge in [-0.1, -0.05) is 85.3 Å². The van der Waals surface area contributed by atoms with Crippen molar-refractivity contribution in [3.05, 3.63) is 94.5 Å². The van der Waals surface area contributed by atoms with Crippen LogP contribution in [0.3, 0.4) is 0 Å². The van der Waals surface area contributed by atoms with E-state index in [2.05, 4.69) is 5.32 Å². The van der Waals surface area contributed by atoms with E-state index >= 15 is 0 Å². The molecule has 1 unspecified atom stereocenters. The molecule has 1 saturated carbocycles. The highest BCUT2D eigenvalue weighted by Crippen LogP contribution is 2.26. The van der Waals surface area contributed by atoms with Crippen LogP contribution >= 0.6 is 11.6 Å². The van der Waals surface area contributed by atoms with E-state index in [9.17, 15) is 18.0 Å². The van der Waals surface area contributed by atoms with Gasteiger partial charge in [-0.25, -0.2) is 8.42 Å². The number of hydrogen-bond acceptors (Lipinski definition) is 4. The van der Waals surface area contributed by atoms with Crippen molar-refractivity contribution in [2.45, 2.75) is 82.8 Å². The maximum Gasteiger partial charge on any atom is 0.264 e. The van der Waals surface area contributed by atoms with Crippen molar-refractivity contribution in [2.75, 3.05) is 10.8 Å². The van der Waals surface area contributed by atoms with Crippen LogP contribution in [0.15, 0.2) is 77.7 Å². The van der Waals surface area contributed by atoms with Crippen molar-refractivity contribution in [1.82, 2.24) is 10.2 Å². The molecule has 0 bridgehead atoms. The number of carbonyl (C=O) groups is 2. The van der Waals surface area contributed by atoms with Crippen LogP contribution in [0.5, 0.6) is 0 Å². The van der Waals surface area contributed by atoms with Crippen LogP contribution in [0.2, 0.25) is 5.02 Å². The highest BCUT2D eigenvalue weighted by Gasteiger charge is 2.34. The van der Waals surface area contributed by atoms with Crippen LogP contribution in [0.25, 0.3) is 0 Å². The van der Waals surface area contributed by atoms with Crippen molar-refractivity contribution in [3.63, 3.8) is 0 Å². The predicted molar refractivity (Wildman–Crippen MR) is 168 cm³/mol. The fourth-order valence-electron chi connectivity index (χ4n) is 5.33. The first-order valence-electron chi connectivity index (χ1n) is 14.6. The Morgan fingerprint density at radius 3 is 2.02 bits per heavy atom. The van der Waals surface area contributed by atoms with Gasteiger partial charge in [-0.3, -0.25) is 13.9 Å². The normalized spacial score (nSPS) is 14.7. The molecular formula is C33H40ClN3O4S. The van der Waals surface area contributed by atoms with E-state index < -0.39 is 28.5 Å². The summed E-state index contributed by atoms with van der Waals surface area (Å²) in [5.41, 5.74) is 3.06. The van der Waals surface area contributed by atoms with Gasteiger partial charge in [0.2, 0.25) is 11.8 Å². The monoisotopic (exact) mass is 609 g/mol. The maximum absolute atomic E-state index is 14.2. The molecule has 3 aromatic rings. The van der Waals surface area contributed by atoms with Gasteiger partial charge < -0.3 is 10.2 Å². The zero-order chi connectivity index (χ0) is 30.3. The first kappa shape index (κ1) is 31.6. The number of nitrogens with one attached hydrogen (secondary N) is 1. The molecule has 4 rings (SSSR count). The number of sulfonamides is 1. The fraction of sp³-hybridized carbons (Fsp3) is 0.394. The number of hydrogen-bond donors (Lipinski definition) is 1. The van der Waals surface area contributed by atoms with Crippen molar-refractivity contribution >= 4 is 39.1 Å². The van der Waals surface area contributed by atoms with E-state index in [1.54, 1.807) is 48.5 Å². The molecule has 3 aromatic carbocycles. The van der Waals surface area contributed by atoms with E-state index in [1.165, 1.54) is 4.90 Å². The molecule has 9 heteroatoms. The average Bonchev–Trinajstić information content (AvgIpc) is 2.98. The Labute approximate surface area is 254 Å². The van der Waals surface area contributed by atoms with Gasteiger partial charge in [-0.05, 0) is 75.1 Å². The summed E-state index contributed by atoms with van der Waals surface area (Å²) >= 11 is 6.11. The van der Waals surface area contributed by atoms with E-state index in [1.807, 2.05) is 45.0 Å². The number of anilines is 1. The quantitative estimate of drug-likeness (QED) is 0.272. The smallest absolute Gasteiger partial charge is 0.264 e. The summed E-state index contributed by atoms with van der Waals surface area (Å²) in [5, 5.41) is 3.73. The molecule has 1 aliphatic carbocycles. The molecule has 2 amide bonds. The third kappa shape index (κ3) is 7.92. The van der Waals surface area contributed by atoms with Gasteiger partial charge in [0.15, 0.2) is 0 Å². The Balaban J connectivity index is 1.69. The molecule has 1 fully saturated rings. The fourth-order valence-corrected chi connectivity index (χ4v) is 6.87. The molecular weight excluding hydrogens is 570 g/mol. The zero-order valence-corrected chi connectivity index (χ0v) is 26.1. The van der Waals surface area contributed by atoms with Crippen LogP contribution in [0.1, 0.15) is 62.1 Å². The molecule has 0 aromatic heterocycles. The third-order valence-corrected chi connectivity index (χ3v) is 9.85. The second-order valence-corrected chi connectivity index (χ2v) is 13.4. The number of aryl methyl sites for hydroxylation is 2. The number of carbonyl (C=O) groups excluding carboxylic acids is 2. The summed E-state index contributed by atoms with van der Waals surface area (Å²) in [6.45, 7) is 5.35. The topological polar surface area (TPSA) is 86.8 Å². The lowest BCUT2D eigenvalue weighted by Crippen LogP contribution is -2.54. The standard InChI is InChI=1S/C33H40ClN3O4S/c1-4-31(33(39)35-28-8-6-5-7-9-28)36(22-26-14-16-27(34)17-15-26)32(38)23-37(29-18-10-24(2)11-19-29)42(40,41)30-20-12-25(3)13-21-30/h10-21,28,31H,4-9,22-23H2,1-3H3,(H,35,39). The zero-order valence-electron chi connectivity index (χ0n) is 24.6. The van der Waals surface area contributed by atoms with Crippen LogP contribution in [-0.4, -0.2) is 43.8 Å². The summed E-state index contributed by atoms with van der Waals surface area (Å²) in [6, 6.07) is 20.0. The molecule has 1 N–H and O–H groups in total. The molecule has 0 aliphatic heterocycles. The van der Waals surface area contributed by atoms with Crippen LogP contribution in [-0.2, 0) is 26.2 Å². The summed E-state index contributed by atoms with van der Waals surface area (Å²) < 4.78 is 29.1. The molecule has 224 valence electrons. The second kappa shape index (κ2) is 14.2. The van der Waals surface area contributed by atoms with Gasteiger partial charge in [0.25, 0.3) is 10.0 Å². The largest absolute Gasteiger partial charge is 0.352 e. The summed E-state index contributed by atoms with van der Waals surface area (Å²) in [6.07, 6.45) is 5.52.